The molecule has 0 heterocycles. The van der Waals surface area contributed by atoms with Crippen LogP contribution in [0.25, 0.3) is 0 Å². The third-order valence-electron chi connectivity index (χ3n) is 1.52. The Morgan fingerprint density at radius 3 is 1.87 bits per heavy atom. The van der Waals surface area contributed by atoms with Gasteiger partial charge in [0, 0.05) is 0 Å². The summed E-state index contributed by atoms with van der Waals surface area (Å²) in [6.07, 6.45) is 20.9. The SMILES string of the molecule is NC=CC=CCCC=CC=CC=CC=O. The van der Waals surface area contributed by atoms with E-state index in [-0.39, 0.29) is 0 Å². The quantitative estimate of drug-likeness (QED) is 0.299. The van der Waals surface area contributed by atoms with Gasteiger partial charge in [0.2, 0.25) is 0 Å². The van der Waals surface area contributed by atoms with Crippen LogP contribution in [0.1, 0.15) is 12.8 Å². The lowest BCUT2D eigenvalue weighted by Crippen LogP contribution is -1.72. The summed E-state index contributed by atoms with van der Waals surface area (Å²) >= 11 is 0. The van der Waals surface area contributed by atoms with Crippen LogP contribution >= 0.6 is 0 Å². The minimum atomic E-state index is 0.754. The fourth-order valence-corrected chi connectivity index (χ4v) is 0.844. The Morgan fingerprint density at radius 1 is 0.733 bits per heavy atom. The Hall–Kier alpha value is -1.83. The van der Waals surface area contributed by atoms with Crippen LogP contribution in [-0.4, -0.2) is 6.29 Å². The zero-order chi connectivity index (χ0) is 11.2. The summed E-state index contributed by atoms with van der Waals surface area (Å²) in [5.74, 6) is 0. The fourth-order valence-electron chi connectivity index (χ4n) is 0.844. The fraction of sp³-hybridized carbons (Fsp3) is 0.154. The molecule has 0 aromatic rings. The van der Waals surface area contributed by atoms with Gasteiger partial charge < -0.3 is 5.73 Å². The van der Waals surface area contributed by atoms with Gasteiger partial charge >= 0.3 is 0 Å². The van der Waals surface area contributed by atoms with Gasteiger partial charge in [0.25, 0.3) is 0 Å². The maximum absolute atomic E-state index is 9.90. The third-order valence-corrected chi connectivity index (χ3v) is 1.52. The zero-order valence-electron chi connectivity index (χ0n) is 8.75. The Bertz CT molecular complexity index is 283. The second-order valence-corrected chi connectivity index (χ2v) is 2.72. The van der Waals surface area contributed by atoms with E-state index in [9.17, 15) is 4.79 Å². The lowest BCUT2D eigenvalue weighted by Gasteiger charge is -1.83. The number of aldehydes is 1. The molecule has 0 atom stereocenters. The van der Waals surface area contributed by atoms with Crippen LogP contribution in [0.15, 0.2) is 60.9 Å². The smallest absolute Gasteiger partial charge is 0.142 e. The van der Waals surface area contributed by atoms with E-state index in [1.807, 2.05) is 24.3 Å². The van der Waals surface area contributed by atoms with Crippen molar-refractivity contribution in [2.24, 2.45) is 5.73 Å². The van der Waals surface area contributed by atoms with E-state index < -0.39 is 0 Å². The highest BCUT2D eigenvalue weighted by molar-refractivity contribution is 5.65. The van der Waals surface area contributed by atoms with Crippen molar-refractivity contribution in [2.75, 3.05) is 0 Å². The molecule has 0 rings (SSSR count). The van der Waals surface area contributed by atoms with Crippen molar-refractivity contribution in [1.82, 2.24) is 0 Å². The lowest BCUT2D eigenvalue weighted by molar-refractivity contribution is -0.104. The van der Waals surface area contributed by atoms with E-state index >= 15 is 0 Å². The normalized spacial score (nSPS) is 13.1. The number of hydrogen-bond acceptors (Lipinski definition) is 2. The van der Waals surface area contributed by atoms with Crippen LogP contribution in [0.3, 0.4) is 0 Å². The molecule has 0 saturated carbocycles. The molecule has 0 aliphatic carbocycles. The number of rotatable bonds is 7. The first-order valence-electron chi connectivity index (χ1n) is 4.89. The van der Waals surface area contributed by atoms with Gasteiger partial charge in [-0.25, -0.2) is 0 Å². The Labute approximate surface area is 91.2 Å². The Morgan fingerprint density at radius 2 is 1.27 bits per heavy atom. The molecule has 0 unspecified atom stereocenters. The molecule has 0 fully saturated rings. The van der Waals surface area contributed by atoms with Gasteiger partial charge in [0.1, 0.15) is 6.29 Å². The molecule has 0 aliphatic heterocycles. The van der Waals surface area contributed by atoms with Gasteiger partial charge in [-0.3, -0.25) is 4.79 Å². The summed E-state index contributed by atoms with van der Waals surface area (Å²) in [6.45, 7) is 0. The molecule has 0 saturated heterocycles. The van der Waals surface area contributed by atoms with Crippen molar-refractivity contribution in [2.45, 2.75) is 12.8 Å². The summed E-state index contributed by atoms with van der Waals surface area (Å²) < 4.78 is 0. The highest BCUT2D eigenvalue weighted by Gasteiger charge is 1.73. The second-order valence-electron chi connectivity index (χ2n) is 2.72. The lowest BCUT2D eigenvalue weighted by atomic mass is 10.2. The minimum Gasteiger partial charge on any atom is -0.405 e. The minimum absolute atomic E-state index is 0.754. The topological polar surface area (TPSA) is 43.1 Å². The van der Waals surface area contributed by atoms with Gasteiger partial charge in [0.15, 0.2) is 0 Å². The largest absolute Gasteiger partial charge is 0.405 e. The van der Waals surface area contributed by atoms with E-state index in [1.165, 1.54) is 12.3 Å². The van der Waals surface area contributed by atoms with Gasteiger partial charge in [-0.1, -0.05) is 42.5 Å². The molecule has 0 amide bonds. The van der Waals surface area contributed by atoms with Crippen LogP contribution in [-0.2, 0) is 4.79 Å². The molecule has 0 spiro atoms. The molecule has 15 heavy (non-hydrogen) atoms. The number of hydrogen-bond donors (Lipinski definition) is 1. The molecule has 2 heteroatoms. The van der Waals surface area contributed by atoms with E-state index in [1.54, 1.807) is 12.2 Å². The van der Waals surface area contributed by atoms with Crippen molar-refractivity contribution < 1.29 is 4.79 Å². The number of carbonyl (C=O) groups is 1. The van der Waals surface area contributed by atoms with Crippen molar-refractivity contribution in [3.8, 4) is 0 Å². The predicted octanol–water partition coefficient (Wildman–Crippen LogP) is 2.66. The average molecular weight is 203 g/mol. The van der Waals surface area contributed by atoms with Crippen molar-refractivity contribution in [1.29, 1.82) is 0 Å². The van der Waals surface area contributed by atoms with E-state index in [0.29, 0.717) is 0 Å². The second kappa shape index (κ2) is 12.2. The van der Waals surface area contributed by atoms with E-state index in [0.717, 1.165) is 19.1 Å². The highest BCUT2D eigenvalue weighted by atomic mass is 16.1. The summed E-state index contributed by atoms with van der Waals surface area (Å²) in [6, 6.07) is 0. The molecular formula is C13H17NO. The molecule has 0 bridgehead atoms. The Balaban J connectivity index is 3.50. The first-order chi connectivity index (χ1) is 7.41. The summed E-state index contributed by atoms with van der Waals surface area (Å²) in [5.41, 5.74) is 5.16. The number of nitrogens with two attached hydrogens (primary N) is 1. The van der Waals surface area contributed by atoms with Crippen LogP contribution < -0.4 is 5.73 Å². The molecule has 2 N–H and O–H groups in total. The van der Waals surface area contributed by atoms with Crippen molar-refractivity contribution in [3.05, 3.63) is 60.9 Å². The van der Waals surface area contributed by atoms with Crippen LogP contribution in [0.2, 0.25) is 0 Å². The molecule has 2 nitrogen and oxygen atoms in total. The molecule has 0 aliphatic rings. The molecule has 80 valence electrons. The van der Waals surface area contributed by atoms with Gasteiger partial charge in [-0.2, -0.15) is 0 Å². The molecular weight excluding hydrogens is 186 g/mol. The van der Waals surface area contributed by atoms with Gasteiger partial charge in [0.05, 0.1) is 0 Å². The summed E-state index contributed by atoms with van der Waals surface area (Å²) in [5, 5.41) is 0. The zero-order valence-corrected chi connectivity index (χ0v) is 8.75. The van der Waals surface area contributed by atoms with Crippen LogP contribution in [0.5, 0.6) is 0 Å². The summed E-state index contributed by atoms with van der Waals surface area (Å²) in [4.78, 5) is 9.90. The van der Waals surface area contributed by atoms with Crippen molar-refractivity contribution >= 4 is 6.29 Å². The predicted molar refractivity (Wildman–Crippen MR) is 65.2 cm³/mol. The first-order valence-corrected chi connectivity index (χ1v) is 4.89. The standard InChI is InChI=1S/C13H17NO/c14-12-10-8-6-4-2-1-3-5-7-9-11-13-15/h1,3,5-13H,2,4,14H2. The van der Waals surface area contributed by atoms with E-state index in [2.05, 4.69) is 12.2 Å². The van der Waals surface area contributed by atoms with Crippen molar-refractivity contribution in [3.63, 3.8) is 0 Å². The summed E-state index contributed by atoms with van der Waals surface area (Å²) in [7, 11) is 0. The number of carbonyl (C=O) groups excluding carboxylic acids is 1. The maximum atomic E-state index is 9.90. The van der Waals surface area contributed by atoms with Gasteiger partial charge in [-0.05, 0) is 31.2 Å². The molecule has 0 aromatic heterocycles. The first kappa shape index (κ1) is 13.2. The molecule has 0 aromatic carbocycles. The third kappa shape index (κ3) is 12.2. The number of unbranched alkanes of at least 4 members (excludes halogenated alkanes) is 1. The van der Waals surface area contributed by atoms with Gasteiger partial charge in [-0.15, -0.1) is 0 Å². The highest BCUT2D eigenvalue weighted by Crippen LogP contribution is 1.93. The monoisotopic (exact) mass is 203 g/mol. The maximum Gasteiger partial charge on any atom is 0.142 e. The van der Waals surface area contributed by atoms with E-state index in [4.69, 9.17) is 5.73 Å². The van der Waals surface area contributed by atoms with Crippen LogP contribution in [0.4, 0.5) is 0 Å². The van der Waals surface area contributed by atoms with Crippen LogP contribution in [0, 0.1) is 0 Å². The Kier molecular flexibility index (Phi) is 10.7. The average Bonchev–Trinajstić information content (AvgIpc) is 2.26. The molecule has 0 radical (unpaired) electrons. The number of allylic oxidation sites excluding steroid dienone is 9.